The molecule has 0 heterocycles. The zero-order chi connectivity index (χ0) is 16.7. The summed E-state index contributed by atoms with van der Waals surface area (Å²) in [5.74, 6) is 1.68. The van der Waals surface area contributed by atoms with Crippen molar-refractivity contribution in [1.82, 2.24) is 5.32 Å². The summed E-state index contributed by atoms with van der Waals surface area (Å²) in [6.45, 7) is 6.06. The Labute approximate surface area is 138 Å². The van der Waals surface area contributed by atoms with Crippen molar-refractivity contribution in [3.63, 3.8) is 0 Å². The molecule has 0 amide bonds. The SMILES string of the molecule is C=CC[C@@H](N[C@@H](C)c1ccccc1)c1cc(OC)ccc1OC. The molecule has 23 heavy (non-hydrogen) atoms. The Kier molecular flexibility index (Phi) is 6.24. The van der Waals surface area contributed by atoms with E-state index in [-0.39, 0.29) is 12.1 Å². The Morgan fingerprint density at radius 1 is 1.09 bits per heavy atom. The van der Waals surface area contributed by atoms with E-state index >= 15 is 0 Å². The van der Waals surface area contributed by atoms with E-state index in [0.29, 0.717) is 0 Å². The lowest BCUT2D eigenvalue weighted by Crippen LogP contribution is -2.24. The molecular weight excluding hydrogens is 286 g/mol. The van der Waals surface area contributed by atoms with Crippen LogP contribution < -0.4 is 14.8 Å². The maximum atomic E-state index is 5.53. The molecule has 0 aliphatic rings. The topological polar surface area (TPSA) is 30.5 Å². The smallest absolute Gasteiger partial charge is 0.123 e. The monoisotopic (exact) mass is 311 g/mol. The minimum Gasteiger partial charge on any atom is -0.497 e. The summed E-state index contributed by atoms with van der Waals surface area (Å²) in [7, 11) is 3.37. The van der Waals surface area contributed by atoms with Crippen LogP contribution in [0.25, 0.3) is 0 Å². The molecule has 0 spiro atoms. The lowest BCUT2D eigenvalue weighted by Gasteiger charge is -2.25. The first-order chi connectivity index (χ1) is 11.2. The zero-order valence-corrected chi connectivity index (χ0v) is 14.1. The zero-order valence-electron chi connectivity index (χ0n) is 14.1. The highest BCUT2D eigenvalue weighted by Gasteiger charge is 2.18. The van der Waals surface area contributed by atoms with E-state index in [1.54, 1.807) is 14.2 Å². The first-order valence-corrected chi connectivity index (χ1v) is 7.83. The highest BCUT2D eigenvalue weighted by atomic mass is 16.5. The highest BCUT2D eigenvalue weighted by molar-refractivity contribution is 5.42. The van der Waals surface area contributed by atoms with Gasteiger partial charge in [0.05, 0.1) is 14.2 Å². The molecule has 122 valence electrons. The molecule has 3 nitrogen and oxygen atoms in total. The molecular formula is C20H25NO2. The van der Waals surface area contributed by atoms with E-state index in [4.69, 9.17) is 9.47 Å². The molecule has 2 aromatic rings. The normalized spacial score (nSPS) is 13.2. The van der Waals surface area contributed by atoms with E-state index < -0.39 is 0 Å². The van der Waals surface area contributed by atoms with E-state index in [9.17, 15) is 0 Å². The number of hydrogen-bond donors (Lipinski definition) is 1. The van der Waals surface area contributed by atoms with E-state index in [1.807, 2.05) is 30.3 Å². The number of nitrogens with one attached hydrogen (secondary N) is 1. The lowest BCUT2D eigenvalue weighted by molar-refractivity contribution is 0.383. The van der Waals surface area contributed by atoms with Gasteiger partial charge in [-0.2, -0.15) is 0 Å². The summed E-state index contributed by atoms with van der Waals surface area (Å²) in [4.78, 5) is 0. The Hall–Kier alpha value is -2.26. The number of rotatable bonds is 8. The van der Waals surface area contributed by atoms with Crippen LogP contribution in [0.15, 0.2) is 61.2 Å². The summed E-state index contributed by atoms with van der Waals surface area (Å²) >= 11 is 0. The van der Waals surface area contributed by atoms with Crippen LogP contribution in [0.2, 0.25) is 0 Å². The number of methoxy groups -OCH3 is 2. The highest BCUT2D eigenvalue weighted by Crippen LogP contribution is 2.32. The van der Waals surface area contributed by atoms with Crippen molar-refractivity contribution in [2.45, 2.75) is 25.4 Å². The van der Waals surface area contributed by atoms with Gasteiger partial charge in [0.15, 0.2) is 0 Å². The van der Waals surface area contributed by atoms with Gasteiger partial charge in [0.25, 0.3) is 0 Å². The Bertz CT molecular complexity index is 625. The van der Waals surface area contributed by atoms with Gasteiger partial charge in [-0.1, -0.05) is 36.4 Å². The second kappa shape index (κ2) is 8.39. The third-order valence-corrected chi connectivity index (χ3v) is 3.97. The van der Waals surface area contributed by atoms with Gasteiger partial charge in [-0.3, -0.25) is 0 Å². The number of hydrogen-bond acceptors (Lipinski definition) is 3. The first-order valence-electron chi connectivity index (χ1n) is 7.83. The molecule has 0 aliphatic carbocycles. The summed E-state index contributed by atoms with van der Waals surface area (Å²) in [6, 6.07) is 16.6. The molecule has 2 atom stereocenters. The van der Waals surface area contributed by atoms with E-state index in [0.717, 1.165) is 23.5 Å². The van der Waals surface area contributed by atoms with Gasteiger partial charge in [-0.15, -0.1) is 6.58 Å². The fourth-order valence-corrected chi connectivity index (χ4v) is 2.70. The van der Waals surface area contributed by atoms with Gasteiger partial charge in [-0.25, -0.2) is 0 Å². The minimum absolute atomic E-state index is 0.104. The maximum absolute atomic E-state index is 5.53. The van der Waals surface area contributed by atoms with Crippen LogP contribution in [0, 0.1) is 0 Å². The van der Waals surface area contributed by atoms with E-state index in [2.05, 4.69) is 43.1 Å². The molecule has 0 aromatic heterocycles. The van der Waals surface area contributed by atoms with Crippen LogP contribution in [0.5, 0.6) is 11.5 Å². The Morgan fingerprint density at radius 3 is 2.43 bits per heavy atom. The summed E-state index contributed by atoms with van der Waals surface area (Å²) < 4.78 is 10.9. The third kappa shape index (κ3) is 4.36. The molecule has 0 saturated heterocycles. The first kappa shape index (κ1) is 17.1. The molecule has 1 N–H and O–H groups in total. The standard InChI is InChI=1S/C20H25NO2/c1-5-9-19(21-15(2)16-10-7-6-8-11-16)18-14-17(22-3)12-13-20(18)23-4/h5-8,10-15,19,21H,1,9H2,2-4H3/t15-,19+/m0/s1. The maximum Gasteiger partial charge on any atom is 0.123 e. The fourth-order valence-electron chi connectivity index (χ4n) is 2.70. The summed E-state index contributed by atoms with van der Waals surface area (Å²) in [5.41, 5.74) is 2.33. The molecule has 3 heteroatoms. The summed E-state index contributed by atoms with van der Waals surface area (Å²) in [6.07, 6.45) is 2.73. The minimum atomic E-state index is 0.104. The van der Waals surface area contributed by atoms with Crippen molar-refractivity contribution in [3.8, 4) is 11.5 Å². The van der Waals surface area contributed by atoms with Gasteiger partial charge in [0.1, 0.15) is 11.5 Å². The molecule has 2 rings (SSSR count). The van der Waals surface area contributed by atoms with Gasteiger partial charge in [0.2, 0.25) is 0 Å². The van der Waals surface area contributed by atoms with Crippen LogP contribution in [0.1, 0.15) is 36.6 Å². The summed E-state index contributed by atoms with van der Waals surface area (Å²) in [5, 5.41) is 3.67. The van der Waals surface area contributed by atoms with Gasteiger partial charge in [0, 0.05) is 17.6 Å². The van der Waals surface area contributed by atoms with Crippen LogP contribution in [-0.2, 0) is 0 Å². The van der Waals surface area contributed by atoms with Crippen LogP contribution in [-0.4, -0.2) is 14.2 Å². The van der Waals surface area contributed by atoms with Crippen molar-refractivity contribution < 1.29 is 9.47 Å². The van der Waals surface area contributed by atoms with E-state index in [1.165, 1.54) is 5.56 Å². The van der Waals surface area contributed by atoms with Gasteiger partial charge >= 0.3 is 0 Å². The third-order valence-electron chi connectivity index (χ3n) is 3.97. The average molecular weight is 311 g/mol. The molecule has 0 bridgehead atoms. The molecule has 2 aromatic carbocycles. The molecule has 0 saturated carbocycles. The van der Waals surface area contributed by atoms with Crippen molar-refractivity contribution >= 4 is 0 Å². The van der Waals surface area contributed by atoms with Gasteiger partial charge < -0.3 is 14.8 Å². The average Bonchev–Trinajstić information content (AvgIpc) is 2.61. The quantitative estimate of drug-likeness (QED) is 0.719. The van der Waals surface area contributed by atoms with Crippen molar-refractivity contribution in [2.75, 3.05) is 14.2 Å². The van der Waals surface area contributed by atoms with Crippen molar-refractivity contribution in [2.24, 2.45) is 0 Å². The van der Waals surface area contributed by atoms with Crippen molar-refractivity contribution in [3.05, 3.63) is 72.3 Å². The molecule has 0 unspecified atom stereocenters. The predicted molar refractivity (Wildman–Crippen MR) is 95.1 cm³/mol. The largest absolute Gasteiger partial charge is 0.497 e. The predicted octanol–water partition coefficient (Wildman–Crippen LogP) is 4.67. The molecule has 0 fully saturated rings. The van der Waals surface area contributed by atoms with Crippen LogP contribution in [0.3, 0.4) is 0 Å². The Morgan fingerprint density at radius 2 is 1.83 bits per heavy atom. The Balaban J connectivity index is 2.29. The second-order valence-electron chi connectivity index (χ2n) is 5.48. The number of ether oxygens (including phenoxy) is 2. The van der Waals surface area contributed by atoms with Crippen LogP contribution in [0.4, 0.5) is 0 Å². The lowest BCUT2D eigenvalue weighted by atomic mass is 9.99. The number of benzene rings is 2. The second-order valence-corrected chi connectivity index (χ2v) is 5.48. The van der Waals surface area contributed by atoms with Crippen molar-refractivity contribution in [1.29, 1.82) is 0 Å². The van der Waals surface area contributed by atoms with Gasteiger partial charge in [-0.05, 0) is 37.1 Å². The molecule has 0 aliphatic heterocycles. The molecule has 0 radical (unpaired) electrons. The van der Waals surface area contributed by atoms with Crippen LogP contribution >= 0.6 is 0 Å². The fraction of sp³-hybridized carbons (Fsp3) is 0.300.